The van der Waals surface area contributed by atoms with Crippen LogP contribution >= 0.6 is 22.6 Å². The molecule has 0 aliphatic heterocycles. The van der Waals surface area contributed by atoms with Gasteiger partial charge in [0.05, 0.1) is 0 Å². The number of nitrogens with one attached hydrogen (secondary N) is 1. The van der Waals surface area contributed by atoms with E-state index in [1.54, 1.807) is 12.1 Å². The molecule has 0 aliphatic rings. The lowest BCUT2D eigenvalue weighted by Crippen LogP contribution is -2.24. The van der Waals surface area contributed by atoms with Crippen LogP contribution in [0.15, 0.2) is 42.5 Å². The third-order valence-corrected chi connectivity index (χ3v) is 3.88. The molecule has 106 valence electrons. The van der Waals surface area contributed by atoms with Crippen LogP contribution < -0.4 is 5.32 Å². The molecule has 1 N–H and O–H groups in total. The van der Waals surface area contributed by atoms with Gasteiger partial charge in [0, 0.05) is 15.2 Å². The van der Waals surface area contributed by atoms with E-state index in [9.17, 15) is 8.78 Å². The first-order chi connectivity index (χ1) is 9.61. The molecule has 0 radical (unpaired) electrons. The zero-order valence-electron chi connectivity index (χ0n) is 11.2. The zero-order chi connectivity index (χ0) is 14.5. The molecular formula is C16H16F2IN. The van der Waals surface area contributed by atoms with Crippen LogP contribution in [-0.2, 0) is 6.42 Å². The number of likely N-dealkylation sites (N-methyl/N-ethyl adjacent to an activating group) is 1. The van der Waals surface area contributed by atoms with Crippen molar-refractivity contribution in [1.82, 2.24) is 5.32 Å². The van der Waals surface area contributed by atoms with Crippen LogP contribution in [0.1, 0.15) is 24.1 Å². The Morgan fingerprint density at radius 3 is 2.45 bits per heavy atom. The van der Waals surface area contributed by atoms with E-state index in [-0.39, 0.29) is 6.04 Å². The quantitative estimate of drug-likeness (QED) is 0.747. The largest absolute Gasteiger partial charge is 0.310 e. The minimum Gasteiger partial charge on any atom is -0.310 e. The van der Waals surface area contributed by atoms with Crippen LogP contribution in [0.3, 0.4) is 0 Å². The molecule has 2 aromatic carbocycles. The van der Waals surface area contributed by atoms with Crippen LogP contribution in [0, 0.1) is 15.2 Å². The molecule has 0 heterocycles. The Kier molecular flexibility index (Phi) is 5.48. The van der Waals surface area contributed by atoms with Crippen molar-refractivity contribution in [1.29, 1.82) is 0 Å². The van der Waals surface area contributed by atoms with E-state index in [1.165, 1.54) is 0 Å². The molecule has 20 heavy (non-hydrogen) atoms. The fourth-order valence-corrected chi connectivity index (χ4v) is 2.54. The SMILES string of the molecule is CCNC(Cc1ccc(I)cc1)c1cccc(F)c1F. The smallest absolute Gasteiger partial charge is 0.163 e. The normalized spacial score (nSPS) is 12.4. The Hall–Kier alpha value is -1.01. The highest BCUT2D eigenvalue weighted by Crippen LogP contribution is 2.23. The first kappa shape index (κ1) is 15.4. The number of hydrogen-bond acceptors (Lipinski definition) is 1. The summed E-state index contributed by atoms with van der Waals surface area (Å²) in [4.78, 5) is 0. The maximum Gasteiger partial charge on any atom is 0.163 e. The van der Waals surface area contributed by atoms with Crippen molar-refractivity contribution in [2.24, 2.45) is 0 Å². The lowest BCUT2D eigenvalue weighted by atomic mass is 9.98. The second-order valence-corrected chi connectivity index (χ2v) is 5.83. The third-order valence-electron chi connectivity index (χ3n) is 3.16. The maximum absolute atomic E-state index is 13.9. The molecule has 0 spiro atoms. The zero-order valence-corrected chi connectivity index (χ0v) is 13.3. The van der Waals surface area contributed by atoms with Gasteiger partial charge in [0.25, 0.3) is 0 Å². The van der Waals surface area contributed by atoms with Gasteiger partial charge in [-0.3, -0.25) is 0 Å². The molecule has 1 nitrogen and oxygen atoms in total. The molecule has 0 aliphatic carbocycles. The van der Waals surface area contributed by atoms with Gasteiger partial charge in [-0.1, -0.05) is 31.2 Å². The highest BCUT2D eigenvalue weighted by Gasteiger charge is 2.17. The van der Waals surface area contributed by atoms with Gasteiger partial charge < -0.3 is 5.32 Å². The minimum atomic E-state index is -0.798. The van der Waals surface area contributed by atoms with Crippen LogP contribution in [0.25, 0.3) is 0 Å². The summed E-state index contributed by atoms with van der Waals surface area (Å²) in [5, 5.41) is 3.22. The second kappa shape index (κ2) is 7.13. The highest BCUT2D eigenvalue weighted by molar-refractivity contribution is 14.1. The van der Waals surface area contributed by atoms with Crippen molar-refractivity contribution >= 4 is 22.6 Å². The topological polar surface area (TPSA) is 12.0 Å². The molecule has 0 amide bonds. The highest BCUT2D eigenvalue weighted by atomic mass is 127. The van der Waals surface area contributed by atoms with Gasteiger partial charge in [0.2, 0.25) is 0 Å². The fourth-order valence-electron chi connectivity index (χ4n) is 2.18. The Morgan fingerprint density at radius 2 is 1.80 bits per heavy atom. The van der Waals surface area contributed by atoms with E-state index in [0.717, 1.165) is 15.2 Å². The number of halogens is 3. The minimum absolute atomic E-state index is 0.226. The van der Waals surface area contributed by atoms with E-state index in [2.05, 4.69) is 27.9 Å². The van der Waals surface area contributed by atoms with E-state index >= 15 is 0 Å². The summed E-state index contributed by atoms with van der Waals surface area (Å²) in [6, 6.07) is 12.2. The molecule has 2 rings (SSSR count). The van der Waals surface area contributed by atoms with Crippen LogP contribution in [-0.4, -0.2) is 6.54 Å². The molecule has 0 fully saturated rings. The van der Waals surface area contributed by atoms with Crippen molar-refractivity contribution < 1.29 is 8.78 Å². The molecule has 2 aromatic rings. The fraction of sp³-hybridized carbons (Fsp3) is 0.250. The lowest BCUT2D eigenvalue weighted by molar-refractivity contribution is 0.464. The van der Waals surface area contributed by atoms with Crippen molar-refractivity contribution in [2.45, 2.75) is 19.4 Å². The molecular weight excluding hydrogens is 371 g/mol. The predicted octanol–water partition coefficient (Wildman–Crippen LogP) is 4.46. The molecule has 0 saturated heterocycles. The van der Waals surface area contributed by atoms with Gasteiger partial charge in [-0.05, 0) is 59.3 Å². The average Bonchev–Trinajstić information content (AvgIpc) is 2.44. The van der Waals surface area contributed by atoms with Crippen molar-refractivity contribution in [2.75, 3.05) is 6.54 Å². The van der Waals surface area contributed by atoms with Crippen molar-refractivity contribution in [3.05, 3.63) is 68.8 Å². The first-order valence-corrected chi connectivity index (χ1v) is 7.61. The number of rotatable bonds is 5. The Balaban J connectivity index is 2.26. The van der Waals surface area contributed by atoms with Gasteiger partial charge in [0.15, 0.2) is 11.6 Å². The summed E-state index contributed by atoms with van der Waals surface area (Å²) >= 11 is 2.24. The van der Waals surface area contributed by atoms with Crippen LogP contribution in [0.4, 0.5) is 8.78 Å². The Labute approximate surface area is 131 Å². The van der Waals surface area contributed by atoms with E-state index in [1.807, 2.05) is 31.2 Å². The predicted molar refractivity (Wildman–Crippen MR) is 85.6 cm³/mol. The van der Waals surface area contributed by atoms with Gasteiger partial charge in [-0.15, -0.1) is 0 Å². The van der Waals surface area contributed by atoms with E-state index < -0.39 is 11.6 Å². The summed E-state index contributed by atoms with van der Waals surface area (Å²) in [7, 11) is 0. The van der Waals surface area contributed by atoms with E-state index in [0.29, 0.717) is 18.5 Å². The summed E-state index contributed by atoms with van der Waals surface area (Å²) in [6.45, 7) is 2.66. The number of hydrogen-bond donors (Lipinski definition) is 1. The Morgan fingerprint density at radius 1 is 1.10 bits per heavy atom. The monoisotopic (exact) mass is 387 g/mol. The average molecular weight is 387 g/mol. The van der Waals surface area contributed by atoms with Gasteiger partial charge in [0.1, 0.15) is 0 Å². The second-order valence-electron chi connectivity index (χ2n) is 4.58. The lowest BCUT2D eigenvalue weighted by Gasteiger charge is -2.19. The van der Waals surface area contributed by atoms with Gasteiger partial charge >= 0.3 is 0 Å². The molecule has 0 saturated carbocycles. The summed E-state index contributed by atoms with van der Waals surface area (Å²) < 4.78 is 28.4. The summed E-state index contributed by atoms with van der Waals surface area (Å²) in [5.41, 5.74) is 1.48. The van der Waals surface area contributed by atoms with E-state index in [4.69, 9.17) is 0 Å². The first-order valence-electron chi connectivity index (χ1n) is 6.53. The van der Waals surface area contributed by atoms with Gasteiger partial charge in [-0.2, -0.15) is 0 Å². The van der Waals surface area contributed by atoms with Gasteiger partial charge in [-0.25, -0.2) is 8.78 Å². The number of benzene rings is 2. The van der Waals surface area contributed by atoms with Crippen LogP contribution in [0.2, 0.25) is 0 Å². The van der Waals surface area contributed by atoms with Crippen molar-refractivity contribution in [3.8, 4) is 0 Å². The molecule has 1 atom stereocenters. The maximum atomic E-state index is 13.9. The Bertz CT molecular complexity index is 569. The molecule has 0 aromatic heterocycles. The third kappa shape index (κ3) is 3.76. The van der Waals surface area contributed by atoms with Crippen LogP contribution in [0.5, 0.6) is 0 Å². The summed E-state index contributed by atoms with van der Waals surface area (Å²) in [6.07, 6.45) is 0.630. The summed E-state index contributed by atoms with van der Waals surface area (Å²) in [5.74, 6) is -1.56. The molecule has 4 heteroatoms. The molecule has 0 bridgehead atoms. The van der Waals surface area contributed by atoms with Crippen molar-refractivity contribution in [3.63, 3.8) is 0 Å². The standard InChI is InChI=1S/C16H16F2IN/c1-2-20-15(10-11-6-8-12(19)9-7-11)13-4-3-5-14(17)16(13)18/h3-9,15,20H,2,10H2,1H3. The molecule has 1 unspecified atom stereocenters.